The average molecular weight is 677 g/mol. The molecule has 3 saturated heterocycles. The van der Waals surface area contributed by atoms with Gasteiger partial charge >= 0.3 is 6.01 Å². The van der Waals surface area contributed by atoms with E-state index in [9.17, 15) is 9.50 Å². The zero-order valence-electron chi connectivity index (χ0n) is 27.9. The number of phenols is 1. The first-order chi connectivity index (χ1) is 24.2. The Morgan fingerprint density at radius 1 is 1.12 bits per heavy atom. The van der Waals surface area contributed by atoms with E-state index in [0.29, 0.717) is 47.8 Å². The number of halogens is 2. The van der Waals surface area contributed by atoms with Gasteiger partial charge in [-0.25, -0.2) is 13.6 Å². The molecule has 2 saturated carbocycles. The fourth-order valence-corrected chi connectivity index (χ4v) is 9.12. The lowest BCUT2D eigenvalue weighted by Gasteiger charge is -2.59. The van der Waals surface area contributed by atoms with E-state index < -0.39 is 11.6 Å². The fraction of sp³-hybridized carbons (Fsp3) is 0.462. The molecule has 5 fully saturated rings. The number of aromatic hydroxyl groups is 1. The first-order valence-electron chi connectivity index (χ1n) is 17.4. The summed E-state index contributed by atoms with van der Waals surface area (Å²) >= 11 is 0. The number of phenolic OH excluding ortho intramolecular Hbond substituents is 1. The molecule has 2 N–H and O–H groups in total. The van der Waals surface area contributed by atoms with Crippen molar-refractivity contribution < 1.29 is 23.4 Å². The Morgan fingerprint density at radius 3 is 2.56 bits per heavy atom. The molecule has 0 radical (unpaired) electrons. The predicted octanol–water partition coefficient (Wildman–Crippen LogP) is 6.18. The van der Waals surface area contributed by atoms with Crippen LogP contribution in [0.5, 0.6) is 11.8 Å². The van der Waals surface area contributed by atoms with Crippen LogP contribution < -0.4 is 15.0 Å². The van der Waals surface area contributed by atoms with Crippen LogP contribution >= 0.6 is 0 Å². The van der Waals surface area contributed by atoms with Crippen LogP contribution in [-0.4, -0.2) is 84.6 Å². The molecule has 256 valence electrons. The summed E-state index contributed by atoms with van der Waals surface area (Å²) in [6.45, 7) is 13.0. The van der Waals surface area contributed by atoms with Gasteiger partial charge in [0, 0.05) is 79.1 Å². The van der Waals surface area contributed by atoms with Crippen molar-refractivity contribution in [1.82, 2.24) is 20.2 Å². The molecular weight excluding hydrogens is 638 g/mol. The van der Waals surface area contributed by atoms with Gasteiger partial charge in [0.15, 0.2) is 5.69 Å². The van der Waals surface area contributed by atoms with Crippen molar-refractivity contribution in [2.45, 2.75) is 56.7 Å². The van der Waals surface area contributed by atoms with Gasteiger partial charge in [-0.05, 0) is 73.7 Å². The number of piperazine rings is 1. The number of nitrogens with one attached hydrogen (secondary N) is 1. The van der Waals surface area contributed by atoms with Crippen molar-refractivity contribution in [1.29, 1.82) is 0 Å². The standard InChI is InChI=1S/C39H38F2N6O3/c1-4-27-30(40)8-5-22-11-25(48)12-28(32(22)27)33-31(42-2)13-29-35(34(33)41)44-37(45-36(29)47-16-23-6-7-24(17-47)43-23)50-21-38(9-10-38)18-46-19-39(20-46)14-26(15-39)49-3/h1,5,8,11-13,23-24,26,43,48H,6-7,9-10,14-21H2,3H3. The van der Waals surface area contributed by atoms with Crippen molar-refractivity contribution >= 4 is 33.2 Å². The summed E-state index contributed by atoms with van der Waals surface area (Å²) in [5.41, 5.74) is 0.335. The maximum Gasteiger partial charge on any atom is 0.319 e. The van der Waals surface area contributed by atoms with Gasteiger partial charge in [-0.15, -0.1) is 6.42 Å². The van der Waals surface area contributed by atoms with Crippen molar-refractivity contribution in [2.75, 3.05) is 51.3 Å². The quantitative estimate of drug-likeness (QED) is 0.169. The molecule has 50 heavy (non-hydrogen) atoms. The van der Waals surface area contributed by atoms with E-state index in [4.69, 9.17) is 27.5 Å². The first kappa shape index (κ1) is 31.4. The Balaban J connectivity index is 1.11. The number of hydrogen-bond acceptors (Lipinski definition) is 8. The number of methoxy groups -OCH3 is 1. The molecule has 2 atom stereocenters. The SMILES string of the molecule is [C-]#[N+]c1cc2c(N3CC4CCC(C3)N4)nc(OCC3(CN4CC5(CC(OC)C5)C4)CC3)nc2c(F)c1-c1cc(O)cc2ccc(F)c(C#C)c12. The molecule has 4 aromatic rings. The molecule has 9 rings (SSSR count). The summed E-state index contributed by atoms with van der Waals surface area (Å²) in [4.78, 5) is 17.9. The molecule has 2 unspecified atom stereocenters. The fourth-order valence-electron chi connectivity index (χ4n) is 9.12. The lowest BCUT2D eigenvalue weighted by atomic mass is 9.61. The summed E-state index contributed by atoms with van der Waals surface area (Å²) in [5, 5.41) is 15.4. The first-order valence-corrected chi connectivity index (χ1v) is 17.4. The van der Waals surface area contributed by atoms with Gasteiger partial charge in [0.25, 0.3) is 0 Å². The number of aromatic nitrogens is 2. The van der Waals surface area contributed by atoms with E-state index in [0.717, 1.165) is 58.2 Å². The lowest BCUT2D eigenvalue weighted by Crippen LogP contribution is -2.64. The largest absolute Gasteiger partial charge is 0.508 e. The zero-order valence-corrected chi connectivity index (χ0v) is 27.9. The minimum Gasteiger partial charge on any atom is -0.508 e. The highest BCUT2D eigenvalue weighted by Gasteiger charge is 2.55. The van der Waals surface area contributed by atoms with Gasteiger partial charge in [-0.2, -0.15) is 9.97 Å². The van der Waals surface area contributed by atoms with E-state index in [1.165, 1.54) is 24.3 Å². The minimum absolute atomic E-state index is 0.000598. The normalized spacial score (nSPS) is 23.4. The third-order valence-electron chi connectivity index (χ3n) is 11.8. The molecule has 2 bridgehead atoms. The molecular formula is C39H38F2N6O3. The number of anilines is 1. The Bertz CT molecular complexity index is 2130. The average Bonchev–Trinajstić information content (AvgIpc) is 3.77. The second-order valence-corrected chi connectivity index (χ2v) is 15.3. The van der Waals surface area contributed by atoms with Crippen LogP contribution in [0.15, 0.2) is 30.3 Å². The van der Waals surface area contributed by atoms with E-state index in [-0.39, 0.29) is 62.5 Å². The highest BCUT2D eigenvalue weighted by molar-refractivity contribution is 6.07. The van der Waals surface area contributed by atoms with Crippen LogP contribution in [-0.2, 0) is 4.74 Å². The van der Waals surface area contributed by atoms with Gasteiger partial charge in [0.05, 0.1) is 24.8 Å². The number of terminal acetylenes is 1. The summed E-state index contributed by atoms with van der Waals surface area (Å²) in [7, 11) is 1.79. The maximum atomic E-state index is 17.2. The smallest absolute Gasteiger partial charge is 0.319 e. The van der Waals surface area contributed by atoms with Crippen LogP contribution in [0.1, 0.15) is 44.1 Å². The Kier molecular flexibility index (Phi) is 7.23. The molecule has 9 nitrogen and oxygen atoms in total. The second kappa shape index (κ2) is 11.5. The van der Waals surface area contributed by atoms with E-state index in [1.807, 2.05) is 0 Å². The van der Waals surface area contributed by atoms with Gasteiger partial charge in [0.1, 0.15) is 28.7 Å². The number of hydrogen-bond donors (Lipinski definition) is 2. The van der Waals surface area contributed by atoms with E-state index >= 15 is 4.39 Å². The number of fused-ring (bicyclic) bond motifs is 4. The number of ether oxygens (including phenoxy) is 2. The van der Waals surface area contributed by atoms with Gasteiger partial charge in [-0.3, -0.25) is 0 Å². The Hall–Kier alpha value is -4.55. The molecule has 1 spiro atoms. The van der Waals surface area contributed by atoms with Crippen LogP contribution in [0, 0.1) is 41.4 Å². The molecule has 3 aliphatic heterocycles. The monoisotopic (exact) mass is 676 g/mol. The van der Waals surface area contributed by atoms with Gasteiger partial charge in [0.2, 0.25) is 0 Å². The van der Waals surface area contributed by atoms with Crippen LogP contribution in [0.4, 0.5) is 20.3 Å². The molecule has 5 aliphatic rings. The third-order valence-corrected chi connectivity index (χ3v) is 11.8. The lowest BCUT2D eigenvalue weighted by molar-refractivity contribution is -0.145. The second-order valence-electron chi connectivity index (χ2n) is 15.3. The van der Waals surface area contributed by atoms with Crippen molar-refractivity contribution in [2.24, 2.45) is 10.8 Å². The highest BCUT2D eigenvalue weighted by atomic mass is 19.1. The Morgan fingerprint density at radius 2 is 1.88 bits per heavy atom. The van der Waals surface area contributed by atoms with Crippen LogP contribution in [0.25, 0.3) is 37.6 Å². The zero-order chi connectivity index (χ0) is 34.4. The van der Waals surface area contributed by atoms with Crippen LogP contribution in [0.3, 0.4) is 0 Å². The number of nitrogens with zero attached hydrogens (tertiary/aromatic N) is 5. The molecule has 11 heteroatoms. The summed E-state index contributed by atoms with van der Waals surface area (Å²) < 4.78 is 44.1. The molecule has 0 amide bonds. The summed E-state index contributed by atoms with van der Waals surface area (Å²) in [6, 6.07) is 7.72. The third kappa shape index (κ3) is 5.14. The molecule has 2 aliphatic carbocycles. The van der Waals surface area contributed by atoms with E-state index in [1.54, 1.807) is 13.2 Å². The summed E-state index contributed by atoms with van der Waals surface area (Å²) in [6.07, 6.45) is 12.6. The number of likely N-dealkylation sites (tertiary alicyclic amines) is 1. The Labute approximate surface area is 289 Å². The highest BCUT2D eigenvalue weighted by Crippen LogP contribution is 2.53. The van der Waals surface area contributed by atoms with Gasteiger partial charge in [-0.1, -0.05) is 12.0 Å². The van der Waals surface area contributed by atoms with E-state index in [2.05, 4.69) is 30.9 Å². The van der Waals surface area contributed by atoms with Crippen molar-refractivity contribution in [3.05, 3.63) is 58.9 Å². The van der Waals surface area contributed by atoms with Crippen molar-refractivity contribution in [3.63, 3.8) is 0 Å². The molecule has 1 aromatic heterocycles. The summed E-state index contributed by atoms with van der Waals surface area (Å²) in [5.74, 6) is 1.32. The minimum atomic E-state index is -0.777. The predicted molar refractivity (Wildman–Crippen MR) is 186 cm³/mol. The number of rotatable bonds is 8. The van der Waals surface area contributed by atoms with Crippen molar-refractivity contribution in [3.8, 4) is 35.2 Å². The topological polar surface area (TPSA) is 87.3 Å². The van der Waals surface area contributed by atoms with Crippen LogP contribution in [0.2, 0.25) is 0 Å². The van der Waals surface area contributed by atoms with Gasteiger partial charge < -0.3 is 29.7 Å². The maximum absolute atomic E-state index is 17.2. The molecule has 4 heterocycles. The molecule has 3 aromatic carbocycles. The number of benzene rings is 3.